The van der Waals surface area contributed by atoms with Crippen LogP contribution in [0, 0.1) is 0 Å². The Morgan fingerprint density at radius 2 is 1.64 bits per heavy atom. The Bertz CT molecular complexity index is 879. The number of hydrogen-bond acceptors (Lipinski definition) is 4. The zero-order valence-electron chi connectivity index (χ0n) is 13.3. The summed E-state index contributed by atoms with van der Waals surface area (Å²) in [5, 5.41) is 15.9. The lowest BCUT2D eigenvalue weighted by molar-refractivity contribution is 0.194. The van der Waals surface area contributed by atoms with Crippen LogP contribution in [-0.2, 0) is 16.4 Å². The van der Waals surface area contributed by atoms with Crippen LogP contribution >= 0.6 is 0 Å². The first-order valence-electron chi connectivity index (χ1n) is 7.18. The molecule has 0 unspecified atom stereocenters. The van der Waals surface area contributed by atoms with Gasteiger partial charge in [-0.3, -0.25) is 0 Å². The quantitative estimate of drug-likeness (QED) is 0.650. The zero-order valence-corrected chi connectivity index (χ0v) is 14.1. The van der Waals surface area contributed by atoms with Crippen molar-refractivity contribution in [1.82, 2.24) is 5.32 Å². The van der Waals surface area contributed by atoms with Crippen molar-refractivity contribution < 1.29 is 23.1 Å². The van der Waals surface area contributed by atoms with Crippen LogP contribution in [0.25, 0.3) is 0 Å². The van der Waals surface area contributed by atoms with Crippen molar-refractivity contribution in [3.05, 3.63) is 54.1 Å². The van der Waals surface area contributed by atoms with Crippen molar-refractivity contribution in [1.29, 1.82) is 0 Å². The van der Waals surface area contributed by atoms with Crippen molar-refractivity contribution in [3.8, 4) is 0 Å². The summed E-state index contributed by atoms with van der Waals surface area (Å²) >= 11 is 0. The van der Waals surface area contributed by atoms with E-state index in [4.69, 9.17) is 5.11 Å². The van der Waals surface area contributed by atoms with Gasteiger partial charge in [0.15, 0.2) is 9.84 Å². The second-order valence-corrected chi connectivity index (χ2v) is 7.19. The van der Waals surface area contributed by atoms with Crippen LogP contribution in [0.2, 0.25) is 0 Å². The Hall–Kier alpha value is -3.07. The van der Waals surface area contributed by atoms with E-state index < -0.39 is 22.0 Å². The lowest BCUT2D eigenvalue weighted by Crippen LogP contribution is -2.21. The van der Waals surface area contributed by atoms with Crippen LogP contribution < -0.4 is 16.0 Å². The molecule has 0 saturated carbocycles. The van der Waals surface area contributed by atoms with Gasteiger partial charge in [0.05, 0.1) is 10.6 Å². The Kier molecular flexibility index (Phi) is 5.60. The monoisotopic (exact) mass is 363 g/mol. The minimum Gasteiger partial charge on any atom is -0.465 e. The average molecular weight is 363 g/mol. The predicted octanol–water partition coefficient (Wildman–Crippen LogP) is 2.50. The van der Waals surface area contributed by atoms with Gasteiger partial charge in [0.2, 0.25) is 0 Å². The summed E-state index contributed by atoms with van der Waals surface area (Å²) in [5.41, 5.74) is 1.40. The van der Waals surface area contributed by atoms with E-state index in [9.17, 15) is 18.0 Å². The first kappa shape index (κ1) is 18.3. The Balaban J connectivity index is 2.03. The van der Waals surface area contributed by atoms with E-state index in [2.05, 4.69) is 16.0 Å². The van der Waals surface area contributed by atoms with Gasteiger partial charge < -0.3 is 21.1 Å². The zero-order chi connectivity index (χ0) is 18.4. The molecular weight excluding hydrogens is 346 g/mol. The van der Waals surface area contributed by atoms with E-state index in [0.717, 1.165) is 11.8 Å². The Morgan fingerprint density at radius 1 is 1.00 bits per heavy atom. The number of hydrogen-bond donors (Lipinski definition) is 4. The minimum atomic E-state index is -3.47. The van der Waals surface area contributed by atoms with Gasteiger partial charge in [-0.05, 0) is 29.8 Å². The van der Waals surface area contributed by atoms with Crippen molar-refractivity contribution in [2.24, 2.45) is 0 Å². The molecule has 0 aromatic heterocycles. The second-order valence-electron chi connectivity index (χ2n) is 5.20. The van der Waals surface area contributed by atoms with E-state index in [0.29, 0.717) is 5.69 Å². The van der Waals surface area contributed by atoms with Gasteiger partial charge in [0, 0.05) is 18.5 Å². The summed E-state index contributed by atoms with van der Waals surface area (Å²) < 4.78 is 23.4. The fraction of sp³-hybridized carbons (Fsp3) is 0.125. The number of rotatable bonds is 5. The molecule has 0 aliphatic heterocycles. The van der Waals surface area contributed by atoms with Crippen LogP contribution in [0.1, 0.15) is 5.56 Å². The van der Waals surface area contributed by atoms with Gasteiger partial charge in [0.25, 0.3) is 0 Å². The van der Waals surface area contributed by atoms with E-state index >= 15 is 0 Å². The topological polar surface area (TPSA) is 125 Å². The fourth-order valence-electron chi connectivity index (χ4n) is 2.06. The molecule has 25 heavy (non-hydrogen) atoms. The minimum absolute atomic E-state index is 0.0280. The molecule has 0 radical (unpaired) electrons. The molecule has 2 rings (SSSR count). The molecule has 0 heterocycles. The van der Waals surface area contributed by atoms with Crippen molar-refractivity contribution in [2.75, 3.05) is 16.9 Å². The highest BCUT2D eigenvalue weighted by Crippen LogP contribution is 2.21. The maximum atomic E-state index is 12.1. The first-order valence-corrected chi connectivity index (χ1v) is 9.07. The third-order valence-electron chi connectivity index (χ3n) is 3.19. The summed E-state index contributed by atoms with van der Waals surface area (Å²) in [6.45, 7) is 0.156. The maximum absolute atomic E-state index is 12.1. The molecule has 0 bridgehead atoms. The summed E-state index contributed by atoms with van der Waals surface area (Å²) in [7, 11) is -3.47. The van der Waals surface area contributed by atoms with Crippen molar-refractivity contribution >= 4 is 33.3 Å². The number of carboxylic acid groups (broad SMARTS) is 1. The largest absolute Gasteiger partial charge is 0.465 e. The standard InChI is InChI=1S/C16H17N3O5S/c1-25(23,24)14-5-3-2-4-13(14)19-15(20)18-12-8-6-11(7-9-12)10-17-16(21)22/h2-9,17H,10H2,1H3,(H,21,22)(H2,18,19,20). The number of benzene rings is 2. The molecule has 0 atom stereocenters. The lowest BCUT2D eigenvalue weighted by atomic mass is 10.2. The van der Waals surface area contributed by atoms with Gasteiger partial charge >= 0.3 is 12.1 Å². The maximum Gasteiger partial charge on any atom is 0.404 e. The van der Waals surface area contributed by atoms with Crippen molar-refractivity contribution in [2.45, 2.75) is 11.4 Å². The molecule has 132 valence electrons. The predicted molar refractivity (Wildman–Crippen MR) is 93.5 cm³/mol. The molecule has 0 saturated heterocycles. The number of para-hydroxylation sites is 1. The molecule has 0 aliphatic rings. The van der Waals surface area contributed by atoms with Crippen LogP contribution in [0.4, 0.5) is 21.0 Å². The molecule has 0 aliphatic carbocycles. The third-order valence-corrected chi connectivity index (χ3v) is 4.35. The number of amides is 3. The highest BCUT2D eigenvalue weighted by atomic mass is 32.2. The van der Waals surface area contributed by atoms with Gasteiger partial charge in [-0.15, -0.1) is 0 Å². The molecule has 8 nitrogen and oxygen atoms in total. The molecule has 0 fully saturated rings. The molecular formula is C16H17N3O5S. The highest BCUT2D eigenvalue weighted by Gasteiger charge is 2.14. The summed E-state index contributed by atoms with van der Waals surface area (Å²) in [6, 6.07) is 12.1. The Labute approximate surface area is 144 Å². The number of carbonyl (C=O) groups is 2. The number of carbonyl (C=O) groups excluding carboxylic acids is 1. The summed E-state index contributed by atoms with van der Waals surface area (Å²) in [6.07, 6.45) is -0.0545. The molecule has 3 amide bonds. The molecule has 4 N–H and O–H groups in total. The van der Waals surface area contributed by atoms with Crippen LogP contribution in [0.3, 0.4) is 0 Å². The molecule has 2 aromatic rings. The van der Waals surface area contributed by atoms with Crippen LogP contribution in [-0.4, -0.2) is 31.9 Å². The van der Waals surface area contributed by atoms with E-state index in [1.54, 1.807) is 36.4 Å². The number of anilines is 2. The van der Waals surface area contributed by atoms with Gasteiger partial charge in [0.1, 0.15) is 0 Å². The summed E-state index contributed by atoms with van der Waals surface area (Å²) in [4.78, 5) is 22.5. The van der Waals surface area contributed by atoms with Gasteiger partial charge in [-0.1, -0.05) is 24.3 Å². The first-order chi connectivity index (χ1) is 11.8. The Morgan fingerprint density at radius 3 is 2.24 bits per heavy atom. The van der Waals surface area contributed by atoms with Crippen LogP contribution in [0.5, 0.6) is 0 Å². The third kappa shape index (κ3) is 5.50. The molecule has 0 spiro atoms. The fourth-order valence-corrected chi connectivity index (χ4v) is 2.91. The van der Waals surface area contributed by atoms with Gasteiger partial charge in [-0.2, -0.15) is 0 Å². The molecule has 9 heteroatoms. The van der Waals surface area contributed by atoms with E-state index in [1.165, 1.54) is 12.1 Å². The second kappa shape index (κ2) is 7.67. The molecule has 2 aromatic carbocycles. The number of urea groups is 1. The SMILES string of the molecule is CS(=O)(=O)c1ccccc1NC(=O)Nc1ccc(CNC(=O)O)cc1. The lowest BCUT2D eigenvalue weighted by Gasteiger charge is -2.11. The summed E-state index contributed by atoms with van der Waals surface area (Å²) in [5.74, 6) is 0. The van der Waals surface area contributed by atoms with E-state index in [-0.39, 0.29) is 17.1 Å². The average Bonchev–Trinajstić information content (AvgIpc) is 2.53. The highest BCUT2D eigenvalue weighted by molar-refractivity contribution is 7.90. The van der Waals surface area contributed by atoms with Crippen molar-refractivity contribution in [3.63, 3.8) is 0 Å². The normalized spacial score (nSPS) is 10.8. The van der Waals surface area contributed by atoms with Gasteiger partial charge in [-0.25, -0.2) is 18.0 Å². The smallest absolute Gasteiger partial charge is 0.404 e. The number of nitrogens with one attached hydrogen (secondary N) is 3. The van der Waals surface area contributed by atoms with E-state index in [1.807, 2.05) is 0 Å². The van der Waals surface area contributed by atoms with Crippen LogP contribution in [0.15, 0.2) is 53.4 Å². The number of sulfone groups is 1.